The van der Waals surface area contributed by atoms with E-state index in [1.165, 1.54) is 18.7 Å². The minimum atomic E-state index is -0.873. The van der Waals surface area contributed by atoms with Crippen LogP contribution < -0.4 is 9.64 Å². The number of ether oxygens (including phenoxy) is 1. The maximum absolute atomic E-state index is 12.9. The lowest BCUT2D eigenvalue weighted by Crippen LogP contribution is -2.35. The van der Waals surface area contributed by atoms with Crippen LogP contribution in [0.1, 0.15) is 25.8 Å². The highest BCUT2D eigenvalue weighted by Crippen LogP contribution is 2.44. The maximum atomic E-state index is 12.9. The summed E-state index contributed by atoms with van der Waals surface area (Å²) in [5.41, 5.74) is 2.69. The Labute approximate surface area is 199 Å². The summed E-state index contributed by atoms with van der Waals surface area (Å²) in [5, 5.41) is 9.75. The van der Waals surface area contributed by atoms with E-state index in [4.69, 9.17) is 20.8 Å². The van der Waals surface area contributed by atoms with Gasteiger partial charge >= 0.3 is 0 Å². The highest BCUT2D eigenvalue weighted by atomic mass is 35.5. The normalized spacial score (nSPS) is 14.8. The molecule has 1 atom stereocenters. The molecule has 0 unspecified atom stereocenters. The van der Waals surface area contributed by atoms with Crippen LogP contribution in [0.25, 0.3) is 22.6 Å². The second-order valence-corrected chi connectivity index (χ2v) is 8.93. The fourth-order valence-corrected chi connectivity index (χ4v) is 4.31. The third kappa shape index (κ3) is 4.07. The highest BCUT2D eigenvalue weighted by molar-refractivity contribution is 7.99. The molecule has 0 saturated heterocycles. The number of rotatable bonds is 4. The first kappa shape index (κ1) is 21.5. The van der Waals surface area contributed by atoms with Gasteiger partial charge in [0.25, 0.3) is 0 Å². The Morgan fingerprint density at radius 2 is 1.88 bits per heavy atom. The van der Waals surface area contributed by atoms with E-state index in [2.05, 4.69) is 15.2 Å². The number of hydrogen-bond acceptors (Lipinski definition) is 7. The number of para-hydroxylation sites is 1. The fourth-order valence-electron chi connectivity index (χ4n) is 3.68. The molecular formula is C24H19ClN4O3S. The van der Waals surface area contributed by atoms with Gasteiger partial charge in [-0.2, -0.15) is 4.98 Å². The number of fused-ring (bicyclic) bond motifs is 3. The molecule has 7 nitrogen and oxygen atoms in total. The predicted octanol–water partition coefficient (Wildman–Crippen LogP) is 6.01. The number of anilines is 1. The Hall–Kier alpha value is -3.36. The average Bonchev–Trinajstić information content (AvgIpc) is 3.24. The molecule has 0 fully saturated rings. The molecule has 4 aromatic rings. The van der Waals surface area contributed by atoms with E-state index in [-0.39, 0.29) is 5.91 Å². The number of carbonyl (C=O) groups is 1. The second kappa shape index (κ2) is 8.88. The molecule has 1 aliphatic heterocycles. The van der Waals surface area contributed by atoms with Crippen LogP contribution in [-0.2, 0) is 4.79 Å². The average molecular weight is 479 g/mol. The Balaban J connectivity index is 1.64. The third-order valence-corrected chi connectivity index (χ3v) is 6.10. The molecule has 0 spiro atoms. The lowest BCUT2D eigenvalue weighted by Gasteiger charge is -2.28. The largest absolute Gasteiger partial charge is 0.455 e. The van der Waals surface area contributed by atoms with Gasteiger partial charge in [0, 0.05) is 23.1 Å². The first-order valence-electron chi connectivity index (χ1n) is 10.3. The summed E-state index contributed by atoms with van der Waals surface area (Å²) in [6.07, 6.45) is -0.873. The number of halogens is 1. The number of carbonyl (C=O) groups excluding carboxylic acids is 1. The van der Waals surface area contributed by atoms with Crippen LogP contribution in [0, 0.1) is 0 Å². The number of amides is 1. The van der Waals surface area contributed by atoms with E-state index in [0.717, 1.165) is 11.3 Å². The van der Waals surface area contributed by atoms with E-state index >= 15 is 0 Å². The minimum Gasteiger partial charge on any atom is -0.455 e. The molecule has 2 aromatic heterocycles. The Morgan fingerprint density at radius 1 is 1.09 bits per heavy atom. The van der Waals surface area contributed by atoms with Crippen molar-refractivity contribution in [3.05, 3.63) is 71.4 Å². The molecule has 3 heterocycles. The number of aromatic nitrogens is 3. The Bertz CT molecular complexity index is 1330. The van der Waals surface area contributed by atoms with Crippen molar-refractivity contribution in [1.29, 1.82) is 0 Å². The van der Waals surface area contributed by atoms with E-state index in [1.54, 1.807) is 23.1 Å². The third-order valence-electron chi connectivity index (χ3n) is 5.12. The van der Waals surface area contributed by atoms with Crippen molar-refractivity contribution in [2.45, 2.75) is 25.2 Å². The first-order chi connectivity index (χ1) is 16.0. The van der Waals surface area contributed by atoms with Crippen molar-refractivity contribution in [3.63, 3.8) is 0 Å². The van der Waals surface area contributed by atoms with Gasteiger partial charge in [-0.25, -0.2) is 0 Å². The molecule has 1 aliphatic rings. The van der Waals surface area contributed by atoms with E-state index in [9.17, 15) is 4.79 Å². The number of thioether (sulfide) groups is 1. The molecule has 5 rings (SSSR count). The van der Waals surface area contributed by atoms with Gasteiger partial charge in [-0.05, 0) is 48.2 Å². The summed E-state index contributed by atoms with van der Waals surface area (Å²) in [6, 6.07) is 18.4. The van der Waals surface area contributed by atoms with Gasteiger partial charge in [0.2, 0.25) is 23.2 Å². The fraction of sp³-hybridized carbons (Fsp3) is 0.167. The second-order valence-electron chi connectivity index (χ2n) is 7.27. The van der Waals surface area contributed by atoms with Gasteiger partial charge in [-0.1, -0.05) is 48.5 Å². The topological polar surface area (TPSA) is 81.3 Å². The number of hydrogen-bond donors (Lipinski definition) is 0. The van der Waals surface area contributed by atoms with Crippen molar-refractivity contribution in [2.24, 2.45) is 0 Å². The molecule has 1 amide bonds. The van der Waals surface area contributed by atoms with Gasteiger partial charge in [-0.15, -0.1) is 10.2 Å². The molecule has 2 aromatic carbocycles. The molecular weight excluding hydrogens is 460 g/mol. The molecule has 0 N–H and O–H groups in total. The van der Waals surface area contributed by atoms with Crippen LogP contribution in [0.2, 0.25) is 5.02 Å². The van der Waals surface area contributed by atoms with Gasteiger partial charge < -0.3 is 9.15 Å². The Morgan fingerprint density at radius 3 is 2.64 bits per heavy atom. The first-order valence-corrected chi connectivity index (χ1v) is 11.7. The molecule has 33 heavy (non-hydrogen) atoms. The van der Waals surface area contributed by atoms with Crippen molar-refractivity contribution in [2.75, 3.05) is 10.7 Å². The lowest BCUT2D eigenvalue weighted by atomic mass is 10.1. The van der Waals surface area contributed by atoms with Crippen LogP contribution in [-0.4, -0.2) is 26.8 Å². The quantitative estimate of drug-likeness (QED) is 0.332. The number of nitrogens with zero attached hydrogens (tertiary/aromatic N) is 4. The summed E-state index contributed by atoms with van der Waals surface area (Å²) in [7, 11) is 0. The summed E-state index contributed by atoms with van der Waals surface area (Å²) in [5.74, 6) is 1.98. The molecule has 0 saturated carbocycles. The van der Waals surface area contributed by atoms with Crippen LogP contribution in [0.15, 0.2) is 70.2 Å². The van der Waals surface area contributed by atoms with Crippen molar-refractivity contribution in [3.8, 4) is 28.5 Å². The van der Waals surface area contributed by atoms with Gasteiger partial charge in [0.15, 0.2) is 11.5 Å². The Kier molecular flexibility index (Phi) is 5.78. The molecule has 0 radical (unpaired) electrons. The zero-order valence-corrected chi connectivity index (χ0v) is 19.4. The maximum Gasteiger partial charge on any atom is 0.247 e. The molecule has 0 bridgehead atoms. The predicted molar refractivity (Wildman–Crippen MR) is 127 cm³/mol. The van der Waals surface area contributed by atoms with Crippen molar-refractivity contribution in [1.82, 2.24) is 15.2 Å². The minimum absolute atomic E-state index is 0.208. The van der Waals surface area contributed by atoms with Crippen LogP contribution >= 0.6 is 23.4 Å². The van der Waals surface area contributed by atoms with Crippen LogP contribution in [0.5, 0.6) is 5.88 Å². The summed E-state index contributed by atoms with van der Waals surface area (Å²) < 4.78 is 12.5. The highest BCUT2D eigenvalue weighted by Gasteiger charge is 2.36. The summed E-state index contributed by atoms with van der Waals surface area (Å²) in [4.78, 5) is 19.0. The van der Waals surface area contributed by atoms with E-state index in [1.807, 2.05) is 49.4 Å². The standard InChI is InChI=1S/C24H19ClN4O3S/c1-3-33-24-26-22-21(27-28-24)17-6-4-5-7-18(17)29(14(2)30)23(32-22)20-13-12-19(31-20)15-8-10-16(25)11-9-15/h4-13,23H,3H2,1-2H3/t23-/m0/s1. The van der Waals surface area contributed by atoms with Gasteiger partial charge in [0.05, 0.1) is 5.69 Å². The van der Waals surface area contributed by atoms with E-state index < -0.39 is 6.23 Å². The SMILES string of the molecule is CCSc1nnc2c(n1)O[C@@H](c1ccc(-c3ccc(Cl)cc3)o1)N(C(C)=O)c1ccccc1-2. The lowest BCUT2D eigenvalue weighted by molar-refractivity contribution is -0.118. The monoisotopic (exact) mass is 478 g/mol. The van der Waals surface area contributed by atoms with Crippen molar-refractivity contribution >= 4 is 35.0 Å². The summed E-state index contributed by atoms with van der Waals surface area (Å²) >= 11 is 7.48. The van der Waals surface area contributed by atoms with Gasteiger partial charge in [0.1, 0.15) is 5.76 Å². The van der Waals surface area contributed by atoms with Crippen LogP contribution in [0.3, 0.4) is 0 Å². The zero-order chi connectivity index (χ0) is 22.9. The summed E-state index contributed by atoms with van der Waals surface area (Å²) in [6.45, 7) is 3.50. The smallest absolute Gasteiger partial charge is 0.247 e. The zero-order valence-electron chi connectivity index (χ0n) is 17.9. The molecule has 0 aliphatic carbocycles. The van der Waals surface area contributed by atoms with Crippen LogP contribution in [0.4, 0.5) is 5.69 Å². The van der Waals surface area contributed by atoms with Gasteiger partial charge in [-0.3, -0.25) is 9.69 Å². The molecule has 166 valence electrons. The number of furan rings is 1. The van der Waals surface area contributed by atoms with E-state index in [0.29, 0.717) is 44.5 Å². The number of benzene rings is 2. The van der Waals surface area contributed by atoms with Crippen molar-refractivity contribution < 1.29 is 13.9 Å². The molecule has 9 heteroatoms.